The van der Waals surface area contributed by atoms with E-state index in [0.717, 1.165) is 15.8 Å². The minimum Gasteiger partial charge on any atom is -0.496 e. The number of nitrogens with one attached hydrogen (secondary N) is 1. The van der Waals surface area contributed by atoms with E-state index in [1.807, 2.05) is 50.9 Å². The van der Waals surface area contributed by atoms with Gasteiger partial charge in [0.05, 0.1) is 18.1 Å². The van der Waals surface area contributed by atoms with Gasteiger partial charge in [-0.1, -0.05) is 6.07 Å². The van der Waals surface area contributed by atoms with Crippen molar-refractivity contribution in [1.29, 1.82) is 0 Å². The second-order valence-electron chi connectivity index (χ2n) is 5.94. The molecule has 1 aromatic carbocycles. The zero-order chi connectivity index (χ0) is 15.3. The zero-order valence-corrected chi connectivity index (χ0v) is 14.4. The van der Waals surface area contributed by atoms with Gasteiger partial charge >= 0.3 is 0 Å². The molecule has 5 heteroatoms. The first kappa shape index (κ1) is 17.0. The molecular weight excluding hydrogens is 320 g/mol. The summed E-state index contributed by atoms with van der Waals surface area (Å²) in [6.07, 6.45) is 0. The van der Waals surface area contributed by atoms with Crippen LogP contribution in [0.1, 0.15) is 26.3 Å². The summed E-state index contributed by atoms with van der Waals surface area (Å²) in [4.78, 5) is 13.8. The van der Waals surface area contributed by atoms with Crippen LogP contribution in [0.15, 0.2) is 22.7 Å². The third-order valence-electron chi connectivity index (χ3n) is 2.60. The van der Waals surface area contributed by atoms with Crippen molar-refractivity contribution in [3.63, 3.8) is 0 Å². The van der Waals surface area contributed by atoms with Gasteiger partial charge in [-0.3, -0.25) is 9.69 Å². The first-order chi connectivity index (χ1) is 9.21. The highest BCUT2D eigenvalue weighted by molar-refractivity contribution is 9.10. The Kier molecular flexibility index (Phi) is 6.02. The SMILES string of the molecule is COc1ccc(CN(C)CC(=O)NC(C)(C)C)cc1Br. The summed E-state index contributed by atoms with van der Waals surface area (Å²) < 4.78 is 6.12. The molecule has 0 unspecified atom stereocenters. The van der Waals surface area contributed by atoms with Crippen molar-refractivity contribution in [2.24, 2.45) is 0 Å². The highest BCUT2D eigenvalue weighted by Gasteiger charge is 2.15. The van der Waals surface area contributed by atoms with E-state index in [9.17, 15) is 4.79 Å². The molecule has 0 radical (unpaired) electrons. The number of carbonyl (C=O) groups excluding carboxylic acids is 1. The largest absolute Gasteiger partial charge is 0.496 e. The fraction of sp³-hybridized carbons (Fsp3) is 0.533. The van der Waals surface area contributed by atoms with E-state index in [-0.39, 0.29) is 11.4 Å². The van der Waals surface area contributed by atoms with Gasteiger partial charge < -0.3 is 10.1 Å². The lowest BCUT2D eigenvalue weighted by Crippen LogP contribution is -2.45. The van der Waals surface area contributed by atoms with Gasteiger partial charge in [-0.2, -0.15) is 0 Å². The number of halogens is 1. The Morgan fingerprint density at radius 1 is 1.40 bits per heavy atom. The number of ether oxygens (including phenoxy) is 1. The third-order valence-corrected chi connectivity index (χ3v) is 3.22. The summed E-state index contributed by atoms with van der Waals surface area (Å²) in [7, 11) is 3.57. The Morgan fingerprint density at radius 2 is 2.05 bits per heavy atom. The van der Waals surface area contributed by atoms with Gasteiger partial charge in [-0.15, -0.1) is 0 Å². The highest BCUT2D eigenvalue weighted by atomic mass is 79.9. The van der Waals surface area contributed by atoms with E-state index in [1.54, 1.807) is 7.11 Å². The topological polar surface area (TPSA) is 41.6 Å². The molecular formula is C15H23BrN2O2. The fourth-order valence-electron chi connectivity index (χ4n) is 1.88. The Labute approximate surface area is 129 Å². The van der Waals surface area contributed by atoms with E-state index in [1.165, 1.54) is 0 Å². The second-order valence-corrected chi connectivity index (χ2v) is 6.79. The minimum absolute atomic E-state index is 0.0348. The van der Waals surface area contributed by atoms with Crippen LogP contribution < -0.4 is 10.1 Å². The molecule has 0 saturated heterocycles. The minimum atomic E-state index is -0.193. The van der Waals surface area contributed by atoms with Gasteiger partial charge in [0.1, 0.15) is 5.75 Å². The molecule has 112 valence electrons. The standard InChI is InChI=1S/C15H23BrN2O2/c1-15(2,3)17-14(19)10-18(4)9-11-6-7-13(20-5)12(16)8-11/h6-8H,9-10H2,1-5H3,(H,17,19). The van der Waals surface area contributed by atoms with Crippen LogP contribution in [0, 0.1) is 0 Å². The first-order valence-electron chi connectivity index (χ1n) is 6.53. The lowest BCUT2D eigenvalue weighted by atomic mass is 10.1. The molecule has 0 fully saturated rings. The van der Waals surface area contributed by atoms with Gasteiger partial charge in [0.15, 0.2) is 0 Å². The summed E-state index contributed by atoms with van der Waals surface area (Å²) >= 11 is 3.47. The van der Waals surface area contributed by atoms with Crippen molar-refractivity contribution < 1.29 is 9.53 Å². The van der Waals surface area contributed by atoms with Crippen LogP contribution in [-0.4, -0.2) is 37.0 Å². The Bertz CT molecular complexity index is 469. The van der Waals surface area contributed by atoms with E-state index < -0.39 is 0 Å². The summed E-state index contributed by atoms with van der Waals surface area (Å²) in [6.45, 7) is 7.02. The number of benzene rings is 1. The number of hydrogen-bond donors (Lipinski definition) is 1. The van der Waals surface area contributed by atoms with Crippen LogP contribution in [0.2, 0.25) is 0 Å². The number of likely N-dealkylation sites (N-methyl/N-ethyl adjacent to an activating group) is 1. The summed E-state index contributed by atoms with van der Waals surface area (Å²) in [5.41, 5.74) is 0.935. The van der Waals surface area contributed by atoms with Crippen LogP contribution in [-0.2, 0) is 11.3 Å². The van der Waals surface area contributed by atoms with Gasteiger partial charge in [0, 0.05) is 12.1 Å². The number of rotatable bonds is 5. The maximum absolute atomic E-state index is 11.8. The van der Waals surface area contributed by atoms with Crippen LogP contribution in [0.3, 0.4) is 0 Å². The normalized spacial score (nSPS) is 11.6. The van der Waals surface area contributed by atoms with Crippen molar-refractivity contribution in [3.8, 4) is 5.75 Å². The van der Waals surface area contributed by atoms with E-state index >= 15 is 0 Å². The average Bonchev–Trinajstić information content (AvgIpc) is 2.25. The molecule has 0 aliphatic rings. The molecule has 0 aromatic heterocycles. The lowest BCUT2D eigenvalue weighted by Gasteiger charge is -2.23. The number of amides is 1. The molecule has 0 aliphatic heterocycles. The van der Waals surface area contributed by atoms with Crippen LogP contribution in [0.5, 0.6) is 5.75 Å². The summed E-state index contributed by atoms with van der Waals surface area (Å²) in [6, 6.07) is 5.93. The lowest BCUT2D eigenvalue weighted by molar-refractivity contribution is -0.123. The van der Waals surface area contributed by atoms with Crippen molar-refractivity contribution in [2.75, 3.05) is 20.7 Å². The van der Waals surface area contributed by atoms with Crippen LogP contribution in [0.4, 0.5) is 0 Å². The van der Waals surface area contributed by atoms with E-state index in [2.05, 4.69) is 21.2 Å². The molecule has 0 aliphatic carbocycles. The molecule has 0 saturated carbocycles. The molecule has 4 nitrogen and oxygen atoms in total. The smallest absolute Gasteiger partial charge is 0.234 e. The van der Waals surface area contributed by atoms with Gasteiger partial charge in [-0.05, 0) is 61.4 Å². The van der Waals surface area contributed by atoms with E-state index in [0.29, 0.717) is 13.1 Å². The Hall–Kier alpha value is -1.07. The monoisotopic (exact) mass is 342 g/mol. The quantitative estimate of drug-likeness (QED) is 0.894. The fourth-order valence-corrected chi connectivity index (χ4v) is 2.47. The first-order valence-corrected chi connectivity index (χ1v) is 7.32. The summed E-state index contributed by atoms with van der Waals surface area (Å²) in [5, 5.41) is 2.96. The second kappa shape index (κ2) is 7.09. The number of methoxy groups -OCH3 is 1. The molecule has 0 heterocycles. The van der Waals surface area contributed by atoms with Crippen molar-refractivity contribution >= 4 is 21.8 Å². The number of carbonyl (C=O) groups is 1. The highest BCUT2D eigenvalue weighted by Crippen LogP contribution is 2.25. The Morgan fingerprint density at radius 3 is 2.55 bits per heavy atom. The molecule has 1 rings (SSSR count). The Balaban J connectivity index is 2.56. The summed E-state index contributed by atoms with van der Waals surface area (Å²) in [5.74, 6) is 0.842. The van der Waals surface area contributed by atoms with E-state index in [4.69, 9.17) is 4.74 Å². The molecule has 20 heavy (non-hydrogen) atoms. The number of nitrogens with zero attached hydrogens (tertiary/aromatic N) is 1. The van der Waals surface area contributed by atoms with Crippen molar-refractivity contribution in [1.82, 2.24) is 10.2 Å². The molecule has 0 spiro atoms. The van der Waals surface area contributed by atoms with Gasteiger partial charge in [0.2, 0.25) is 5.91 Å². The van der Waals surface area contributed by atoms with Crippen molar-refractivity contribution in [3.05, 3.63) is 28.2 Å². The predicted molar refractivity (Wildman–Crippen MR) is 84.9 cm³/mol. The van der Waals surface area contributed by atoms with Gasteiger partial charge in [0.25, 0.3) is 0 Å². The van der Waals surface area contributed by atoms with Crippen LogP contribution in [0.25, 0.3) is 0 Å². The molecule has 1 aromatic rings. The average molecular weight is 343 g/mol. The van der Waals surface area contributed by atoms with Crippen molar-refractivity contribution in [2.45, 2.75) is 32.9 Å². The molecule has 1 N–H and O–H groups in total. The van der Waals surface area contributed by atoms with Crippen LogP contribution >= 0.6 is 15.9 Å². The maximum atomic E-state index is 11.8. The predicted octanol–water partition coefficient (Wildman–Crippen LogP) is 2.80. The molecule has 0 bridgehead atoms. The zero-order valence-electron chi connectivity index (χ0n) is 12.8. The molecule has 0 atom stereocenters. The van der Waals surface area contributed by atoms with Gasteiger partial charge in [-0.25, -0.2) is 0 Å². The number of hydrogen-bond acceptors (Lipinski definition) is 3. The maximum Gasteiger partial charge on any atom is 0.234 e. The third kappa shape index (κ3) is 5.92. The molecule has 1 amide bonds.